The molecule has 0 bridgehead atoms. The van der Waals surface area contributed by atoms with Crippen LogP contribution in [0.1, 0.15) is 16.7 Å². The van der Waals surface area contributed by atoms with Gasteiger partial charge in [-0.05, 0) is 29.3 Å². The highest BCUT2D eigenvalue weighted by atomic mass is 19.4. The highest BCUT2D eigenvalue weighted by Crippen LogP contribution is 2.33. The molecule has 11 nitrogen and oxygen atoms in total. The van der Waals surface area contributed by atoms with Gasteiger partial charge in [0, 0.05) is 26.2 Å². The van der Waals surface area contributed by atoms with Crippen LogP contribution in [0.25, 0.3) is 0 Å². The van der Waals surface area contributed by atoms with E-state index >= 15 is 0 Å². The largest absolute Gasteiger partial charge is 0.454 e. The first-order valence-electron chi connectivity index (χ1n) is 12.3. The van der Waals surface area contributed by atoms with Crippen molar-refractivity contribution in [3.63, 3.8) is 0 Å². The minimum Gasteiger partial charge on any atom is -0.454 e. The summed E-state index contributed by atoms with van der Waals surface area (Å²) in [7, 11) is 0. The van der Waals surface area contributed by atoms with E-state index in [4.69, 9.17) is 24.7 Å². The van der Waals surface area contributed by atoms with Crippen LogP contribution in [0.5, 0.6) is 11.5 Å². The molecule has 0 saturated carbocycles. The predicted octanol–water partition coefficient (Wildman–Crippen LogP) is 3.25. The molecule has 5 N–H and O–H groups in total. The van der Waals surface area contributed by atoms with Crippen molar-refractivity contribution in [1.82, 2.24) is 15.0 Å². The molecule has 0 atom stereocenters. The van der Waals surface area contributed by atoms with Crippen LogP contribution in [0.15, 0.2) is 42.5 Å². The summed E-state index contributed by atoms with van der Waals surface area (Å²) in [6.07, 6.45) is -4.48. The standard InChI is InChI=1S/C25H30F3N7O4/c26-25(27,28)19-4-2-1-3-18(19)15-32-24-34-22(30-8-10-37-12-11-36-9-7-29)33-23(35-24)31-14-17-5-6-20-21(13-17)39-16-38-20/h1-6,13H,7-12,14-16,29H2,(H3,30,31,32,33,34,35). The Bertz CT molecular complexity index is 1220. The normalized spacial score (nSPS) is 12.4. The summed E-state index contributed by atoms with van der Waals surface area (Å²) < 4.78 is 61.7. The lowest BCUT2D eigenvalue weighted by molar-refractivity contribution is -0.138. The number of aromatic nitrogens is 3. The minimum atomic E-state index is -4.48. The van der Waals surface area contributed by atoms with E-state index in [-0.39, 0.29) is 36.7 Å². The maximum atomic E-state index is 13.4. The molecule has 2 heterocycles. The van der Waals surface area contributed by atoms with Gasteiger partial charge >= 0.3 is 6.18 Å². The molecule has 14 heteroatoms. The van der Waals surface area contributed by atoms with Gasteiger partial charge in [0.25, 0.3) is 0 Å². The maximum Gasteiger partial charge on any atom is 0.416 e. The van der Waals surface area contributed by atoms with Gasteiger partial charge in [-0.15, -0.1) is 0 Å². The molecule has 1 aliphatic heterocycles. The lowest BCUT2D eigenvalue weighted by atomic mass is 10.1. The van der Waals surface area contributed by atoms with E-state index in [2.05, 4.69) is 30.9 Å². The first-order chi connectivity index (χ1) is 18.9. The van der Waals surface area contributed by atoms with E-state index in [0.29, 0.717) is 57.6 Å². The van der Waals surface area contributed by atoms with Crippen LogP contribution in [0, 0.1) is 0 Å². The van der Waals surface area contributed by atoms with E-state index in [0.717, 1.165) is 11.6 Å². The van der Waals surface area contributed by atoms with Gasteiger partial charge in [0.2, 0.25) is 24.6 Å². The molecule has 1 aromatic heterocycles. The molecule has 2 aromatic carbocycles. The summed E-state index contributed by atoms with van der Waals surface area (Å²) in [6, 6.07) is 10.9. The fourth-order valence-electron chi connectivity index (χ4n) is 3.61. The molecule has 0 unspecified atom stereocenters. The Hall–Kier alpha value is -3.88. The predicted molar refractivity (Wildman–Crippen MR) is 138 cm³/mol. The number of halogens is 3. The number of rotatable bonds is 15. The average Bonchev–Trinajstić information content (AvgIpc) is 3.40. The number of benzene rings is 2. The molecule has 0 amide bonds. The summed E-state index contributed by atoms with van der Waals surface area (Å²) in [5.74, 6) is 1.88. The van der Waals surface area contributed by atoms with Gasteiger partial charge in [-0.1, -0.05) is 24.3 Å². The van der Waals surface area contributed by atoms with Gasteiger partial charge in [-0.25, -0.2) is 0 Å². The first-order valence-corrected chi connectivity index (χ1v) is 12.3. The Morgan fingerprint density at radius 2 is 1.46 bits per heavy atom. The second-order valence-electron chi connectivity index (χ2n) is 8.30. The molecule has 0 radical (unpaired) electrons. The van der Waals surface area contributed by atoms with Crippen LogP contribution in [-0.4, -0.2) is 61.3 Å². The smallest absolute Gasteiger partial charge is 0.416 e. The molecule has 39 heavy (non-hydrogen) atoms. The van der Waals surface area contributed by atoms with E-state index in [1.54, 1.807) is 6.07 Å². The number of anilines is 3. The van der Waals surface area contributed by atoms with E-state index in [9.17, 15) is 13.2 Å². The van der Waals surface area contributed by atoms with Gasteiger partial charge in [-0.3, -0.25) is 0 Å². The molecule has 0 saturated heterocycles. The Kier molecular flexibility index (Phi) is 9.94. The number of nitrogens with two attached hydrogens (primary N) is 1. The van der Waals surface area contributed by atoms with Crippen molar-refractivity contribution in [1.29, 1.82) is 0 Å². The van der Waals surface area contributed by atoms with E-state index in [1.807, 2.05) is 18.2 Å². The third-order valence-corrected chi connectivity index (χ3v) is 5.45. The molecule has 0 aliphatic carbocycles. The monoisotopic (exact) mass is 549 g/mol. The van der Waals surface area contributed by atoms with Crippen LogP contribution in [0.3, 0.4) is 0 Å². The Balaban J connectivity index is 1.41. The van der Waals surface area contributed by atoms with Crippen LogP contribution < -0.4 is 31.2 Å². The molecular formula is C25H30F3N7O4. The topological polar surface area (TPSA) is 138 Å². The van der Waals surface area contributed by atoms with Gasteiger partial charge in [0.1, 0.15) is 0 Å². The lowest BCUT2D eigenvalue weighted by Crippen LogP contribution is -2.17. The van der Waals surface area contributed by atoms with Gasteiger partial charge in [0.15, 0.2) is 11.5 Å². The molecule has 210 valence electrons. The molecule has 0 spiro atoms. The van der Waals surface area contributed by atoms with Crippen LogP contribution in [0.2, 0.25) is 0 Å². The summed E-state index contributed by atoms with van der Waals surface area (Å²) in [4.78, 5) is 13.0. The number of hydrogen-bond donors (Lipinski definition) is 4. The minimum absolute atomic E-state index is 0.0695. The zero-order valence-corrected chi connectivity index (χ0v) is 21.1. The third-order valence-electron chi connectivity index (χ3n) is 5.45. The second kappa shape index (κ2) is 13.8. The van der Waals surface area contributed by atoms with E-state index < -0.39 is 11.7 Å². The number of fused-ring (bicyclic) bond motifs is 1. The maximum absolute atomic E-state index is 13.4. The van der Waals surface area contributed by atoms with Crippen molar-refractivity contribution < 1.29 is 32.1 Å². The zero-order valence-electron chi connectivity index (χ0n) is 21.1. The number of nitrogens with one attached hydrogen (secondary N) is 3. The van der Waals surface area contributed by atoms with Crippen molar-refractivity contribution in [2.75, 3.05) is 62.3 Å². The Morgan fingerprint density at radius 3 is 2.21 bits per heavy atom. The average molecular weight is 550 g/mol. The van der Waals surface area contributed by atoms with Crippen molar-refractivity contribution >= 4 is 17.8 Å². The highest BCUT2D eigenvalue weighted by Gasteiger charge is 2.32. The van der Waals surface area contributed by atoms with Crippen LogP contribution in [-0.2, 0) is 28.7 Å². The highest BCUT2D eigenvalue weighted by molar-refractivity contribution is 5.47. The number of nitrogens with zero attached hydrogens (tertiary/aromatic N) is 3. The van der Waals surface area contributed by atoms with E-state index in [1.165, 1.54) is 12.1 Å². The van der Waals surface area contributed by atoms with Gasteiger partial charge in [-0.2, -0.15) is 28.1 Å². The lowest BCUT2D eigenvalue weighted by Gasteiger charge is -2.14. The number of hydrogen-bond acceptors (Lipinski definition) is 11. The van der Waals surface area contributed by atoms with Crippen molar-refractivity contribution in [2.24, 2.45) is 5.73 Å². The molecular weight excluding hydrogens is 519 g/mol. The quantitative estimate of drug-likeness (QED) is 0.208. The first kappa shape index (κ1) is 28.1. The molecule has 3 aromatic rings. The van der Waals surface area contributed by atoms with Gasteiger partial charge < -0.3 is 40.6 Å². The van der Waals surface area contributed by atoms with Crippen molar-refractivity contribution in [3.8, 4) is 11.5 Å². The third kappa shape index (κ3) is 8.56. The zero-order chi connectivity index (χ0) is 27.5. The number of ether oxygens (including phenoxy) is 4. The SMILES string of the molecule is NCCOCCOCCNc1nc(NCc2ccc3c(c2)OCO3)nc(NCc2ccccc2C(F)(F)F)n1. The fourth-order valence-corrected chi connectivity index (χ4v) is 3.61. The summed E-state index contributed by atoms with van der Waals surface area (Å²) in [5.41, 5.74) is 5.61. The number of alkyl halides is 3. The summed E-state index contributed by atoms with van der Waals surface area (Å²) >= 11 is 0. The molecule has 1 aliphatic rings. The van der Waals surface area contributed by atoms with Crippen LogP contribution in [0.4, 0.5) is 31.0 Å². The Labute approximate surface area is 223 Å². The fraction of sp³-hybridized carbons (Fsp3) is 0.400. The summed E-state index contributed by atoms with van der Waals surface area (Å²) in [6.45, 7) is 2.91. The van der Waals surface area contributed by atoms with Gasteiger partial charge in [0.05, 0.1) is 32.0 Å². The second-order valence-corrected chi connectivity index (χ2v) is 8.30. The molecule has 4 rings (SSSR count). The van der Waals surface area contributed by atoms with Crippen molar-refractivity contribution in [2.45, 2.75) is 19.3 Å². The Morgan fingerprint density at radius 1 is 0.795 bits per heavy atom. The van der Waals surface area contributed by atoms with Crippen molar-refractivity contribution in [3.05, 3.63) is 59.2 Å². The van der Waals surface area contributed by atoms with Crippen LogP contribution >= 0.6 is 0 Å². The molecule has 0 fully saturated rings. The summed E-state index contributed by atoms with van der Waals surface area (Å²) in [5, 5.41) is 9.05.